The van der Waals surface area contributed by atoms with Crippen LogP contribution in [0.15, 0.2) is 114 Å². The van der Waals surface area contributed by atoms with Crippen molar-refractivity contribution < 1.29 is 14.0 Å². The summed E-state index contributed by atoms with van der Waals surface area (Å²) in [5.41, 5.74) is 3.22. The molecule has 9 nitrogen and oxygen atoms in total. The molecule has 0 spiro atoms. The molecule has 1 saturated heterocycles. The number of rotatable bonds is 8. The van der Waals surface area contributed by atoms with Crippen molar-refractivity contribution in [1.29, 1.82) is 0 Å². The van der Waals surface area contributed by atoms with Crippen molar-refractivity contribution in [2.75, 3.05) is 20.2 Å². The molecule has 10 heteroatoms. The van der Waals surface area contributed by atoms with Gasteiger partial charge >= 0.3 is 11.8 Å². The summed E-state index contributed by atoms with van der Waals surface area (Å²) in [7, 11) is -1.47. The zero-order valence-electron chi connectivity index (χ0n) is 29.1. The van der Waals surface area contributed by atoms with Gasteiger partial charge in [0.25, 0.3) is 8.32 Å². The topological polar surface area (TPSA) is 91.5 Å². The molecule has 0 saturated carbocycles. The molecular weight excluding hydrogens is 643 g/mol. The number of carbonyl (C=O) groups excluding carboxylic acids is 1. The Morgan fingerprint density at radius 1 is 0.860 bits per heavy atom. The van der Waals surface area contributed by atoms with E-state index < -0.39 is 8.32 Å². The van der Waals surface area contributed by atoms with Gasteiger partial charge in [-0.2, -0.15) is 0 Å². The Morgan fingerprint density at radius 3 is 2.14 bits per heavy atom. The van der Waals surface area contributed by atoms with E-state index in [-0.39, 0.29) is 29.4 Å². The van der Waals surface area contributed by atoms with Crippen LogP contribution in [-0.2, 0) is 22.3 Å². The third kappa shape index (κ3) is 5.92. The normalized spacial score (nSPS) is 14.4. The first-order chi connectivity index (χ1) is 24.2. The van der Waals surface area contributed by atoms with Gasteiger partial charge in [-0.15, -0.1) is 0 Å². The summed E-state index contributed by atoms with van der Waals surface area (Å²) in [5.74, 6) is 0. The minimum absolute atomic E-state index is 0.0583. The number of ether oxygens (including phenoxy) is 1. The van der Waals surface area contributed by atoms with Gasteiger partial charge in [0, 0.05) is 42.5 Å². The number of carbonyl (C=O) groups is 1. The van der Waals surface area contributed by atoms with Gasteiger partial charge in [0.05, 0.1) is 43.2 Å². The maximum atomic E-state index is 14.4. The lowest BCUT2D eigenvalue weighted by Gasteiger charge is -2.43. The zero-order valence-corrected chi connectivity index (χ0v) is 30.1. The zero-order chi connectivity index (χ0) is 34.9. The summed E-state index contributed by atoms with van der Waals surface area (Å²) in [4.78, 5) is 37.7. The number of fused-ring (bicyclic) bond motifs is 2. The average molecular weight is 686 g/mol. The number of amides is 1. The standard InChI is InChI=1S/C40H43N5O4Si/c1-40(2,3)50(31-14-7-5-8-15-31,32-16-9-6-10-17-32)49-28-34-33-18-12-11-13-29(33)25-42-35(34)27-44-37-26-41-22-19-36(37)45(38(44)46)30-20-23-43(24-21-30)39(47)48-4/h5-19,22,25-26,30H,20-21,23-24,27-28H2,1-4H3. The highest BCUT2D eigenvalue weighted by molar-refractivity contribution is 6.99. The van der Waals surface area contributed by atoms with E-state index in [9.17, 15) is 9.59 Å². The highest BCUT2D eigenvalue weighted by Gasteiger charge is 2.50. The Hall–Kier alpha value is -5.06. The van der Waals surface area contributed by atoms with Crippen molar-refractivity contribution in [1.82, 2.24) is 24.0 Å². The molecule has 6 aromatic rings. The van der Waals surface area contributed by atoms with E-state index in [2.05, 4.69) is 98.6 Å². The number of pyridine rings is 2. The van der Waals surface area contributed by atoms with Crippen molar-refractivity contribution in [3.63, 3.8) is 0 Å². The molecule has 7 rings (SSSR count). The molecule has 0 radical (unpaired) electrons. The van der Waals surface area contributed by atoms with Gasteiger partial charge < -0.3 is 14.1 Å². The van der Waals surface area contributed by atoms with Crippen molar-refractivity contribution in [3.05, 3.63) is 131 Å². The lowest BCUT2D eigenvalue weighted by Crippen LogP contribution is -2.66. The Bertz CT molecular complexity index is 2150. The minimum Gasteiger partial charge on any atom is -0.453 e. The summed E-state index contributed by atoms with van der Waals surface area (Å²) in [5, 5.41) is 4.29. The van der Waals surface area contributed by atoms with Crippen LogP contribution in [0, 0.1) is 0 Å². The van der Waals surface area contributed by atoms with E-state index >= 15 is 0 Å². The fraction of sp³-hybridized carbons (Fsp3) is 0.300. The third-order valence-electron chi connectivity index (χ3n) is 10.2. The lowest BCUT2D eigenvalue weighted by atomic mass is 10.0. The number of benzene rings is 3. The molecule has 3 aromatic carbocycles. The van der Waals surface area contributed by atoms with Crippen molar-refractivity contribution in [2.24, 2.45) is 0 Å². The SMILES string of the molecule is COC(=O)N1CCC(n2c(=O)n(Cc3ncc4ccccc4c3CO[Si](c3ccccc3)(c3ccccc3)C(C)(C)C)c3cnccc32)CC1. The van der Waals surface area contributed by atoms with Crippen LogP contribution in [0.1, 0.15) is 50.9 Å². The highest BCUT2D eigenvalue weighted by Crippen LogP contribution is 2.38. The molecule has 0 unspecified atom stereocenters. The molecule has 1 aliphatic heterocycles. The Kier molecular flexibility index (Phi) is 9.15. The van der Waals surface area contributed by atoms with E-state index in [1.165, 1.54) is 17.5 Å². The van der Waals surface area contributed by atoms with Crippen LogP contribution < -0.4 is 16.1 Å². The predicted molar refractivity (Wildman–Crippen MR) is 199 cm³/mol. The predicted octanol–water partition coefficient (Wildman–Crippen LogP) is 6.27. The minimum atomic E-state index is -2.87. The van der Waals surface area contributed by atoms with E-state index in [4.69, 9.17) is 14.1 Å². The van der Waals surface area contributed by atoms with E-state index in [1.54, 1.807) is 21.9 Å². The number of methoxy groups -OCH3 is 1. The quantitative estimate of drug-likeness (QED) is 0.175. The van der Waals surface area contributed by atoms with E-state index in [0.29, 0.717) is 32.5 Å². The number of hydrogen-bond donors (Lipinski definition) is 0. The van der Waals surface area contributed by atoms with Gasteiger partial charge in [-0.3, -0.25) is 19.1 Å². The maximum absolute atomic E-state index is 14.4. The van der Waals surface area contributed by atoms with Crippen LogP contribution >= 0.6 is 0 Å². The molecule has 0 aliphatic carbocycles. The fourth-order valence-electron chi connectivity index (χ4n) is 7.72. The second kappa shape index (κ2) is 13.7. The van der Waals surface area contributed by atoms with Crippen LogP contribution in [-0.4, -0.2) is 58.6 Å². The van der Waals surface area contributed by atoms with Gasteiger partial charge in [0.1, 0.15) is 0 Å². The molecule has 1 amide bonds. The molecule has 0 atom stereocenters. The van der Waals surface area contributed by atoms with E-state index in [0.717, 1.165) is 33.1 Å². The summed E-state index contributed by atoms with van der Waals surface area (Å²) < 4.78 is 16.1. The monoisotopic (exact) mass is 685 g/mol. The highest BCUT2D eigenvalue weighted by atomic mass is 28.4. The fourth-order valence-corrected chi connectivity index (χ4v) is 12.2. The summed E-state index contributed by atoms with van der Waals surface area (Å²) in [6.07, 6.45) is 6.35. The van der Waals surface area contributed by atoms with Crippen LogP contribution in [0.3, 0.4) is 0 Å². The van der Waals surface area contributed by atoms with Gasteiger partial charge in [-0.1, -0.05) is 106 Å². The van der Waals surface area contributed by atoms with Crippen molar-refractivity contribution in [3.8, 4) is 0 Å². The molecule has 1 fully saturated rings. The molecule has 4 heterocycles. The van der Waals surface area contributed by atoms with Crippen molar-refractivity contribution >= 4 is 46.6 Å². The van der Waals surface area contributed by atoms with Gasteiger partial charge in [0.15, 0.2) is 0 Å². The first-order valence-corrected chi connectivity index (χ1v) is 19.1. The number of imidazole rings is 1. The van der Waals surface area contributed by atoms with Crippen LogP contribution in [0.25, 0.3) is 21.8 Å². The number of nitrogens with zero attached hydrogens (tertiary/aromatic N) is 5. The second-order valence-electron chi connectivity index (χ2n) is 14.0. The van der Waals surface area contributed by atoms with Gasteiger partial charge in [-0.05, 0) is 39.7 Å². The lowest BCUT2D eigenvalue weighted by molar-refractivity contribution is 0.107. The van der Waals surface area contributed by atoms with Crippen LogP contribution in [0.5, 0.6) is 0 Å². The van der Waals surface area contributed by atoms with Crippen LogP contribution in [0.4, 0.5) is 4.79 Å². The molecule has 50 heavy (non-hydrogen) atoms. The molecule has 3 aromatic heterocycles. The second-order valence-corrected chi connectivity index (χ2v) is 18.3. The van der Waals surface area contributed by atoms with Gasteiger partial charge in [0.2, 0.25) is 0 Å². The van der Waals surface area contributed by atoms with Crippen LogP contribution in [0.2, 0.25) is 5.04 Å². The third-order valence-corrected chi connectivity index (χ3v) is 15.2. The molecule has 256 valence electrons. The number of aromatic nitrogens is 4. The number of piperidine rings is 1. The molecule has 1 aliphatic rings. The summed E-state index contributed by atoms with van der Waals surface area (Å²) >= 11 is 0. The first-order valence-electron chi connectivity index (χ1n) is 17.2. The number of likely N-dealkylation sites (tertiary alicyclic amines) is 1. The van der Waals surface area contributed by atoms with E-state index in [1.807, 2.05) is 29.0 Å². The maximum Gasteiger partial charge on any atom is 0.409 e. The Morgan fingerprint density at radius 2 is 1.50 bits per heavy atom. The first kappa shape index (κ1) is 33.4. The Balaban J connectivity index is 1.32. The average Bonchev–Trinajstić information content (AvgIpc) is 3.42. The Labute approximate surface area is 293 Å². The number of hydrogen-bond acceptors (Lipinski definition) is 6. The smallest absolute Gasteiger partial charge is 0.409 e. The summed E-state index contributed by atoms with van der Waals surface area (Å²) in [6, 6.07) is 31.4. The largest absolute Gasteiger partial charge is 0.453 e. The van der Waals surface area contributed by atoms with Gasteiger partial charge in [-0.25, -0.2) is 9.59 Å². The summed E-state index contributed by atoms with van der Waals surface area (Å²) in [6.45, 7) is 8.47. The molecule has 0 N–H and O–H groups in total. The van der Waals surface area contributed by atoms with Crippen molar-refractivity contribution in [2.45, 2.75) is 57.8 Å². The molecular formula is C40H43N5O4Si. The molecule has 0 bridgehead atoms.